The number of halogens is 1. The van der Waals surface area contributed by atoms with Gasteiger partial charge in [-0.05, 0) is 24.6 Å². The average Bonchev–Trinajstić information content (AvgIpc) is 2.72. The summed E-state index contributed by atoms with van der Waals surface area (Å²) < 4.78 is 1.50. The van der Waals surface area contributed by atoms with Crippen LogP contribution >= 0.6 is 22.9 Å². The number of fused-ring (bicyclic) bond motifs is 1. The van der Waals surface area contributed by atoms with Gasteiger partial charge in [-0.3, -0.25) is 4.79 Å². The summed E-state index contributed by atoms with van der Waals surface area (Å²) >= 11 is 7.27. The molecular weight excluding hydrogens is 270 g/mol. The minimum Gasteiger partial charge on any atom is -0.269 e. The van der Waals surface area contributed by atoms with Crippen molar-refractivity contribution in [2.45, 2.75) is 6.92 Å². The van der Waals surface area contributed by atoms with Crippen LogP contribution in [-0.2, 0) is 0 Å². The number of nitrogens with zero attached hydrogens (tertiary/aromatic N) is 3. The minimum atomic E-state index is -0.115. The summed E-state index contributed by atoms with van der Waals surface area (Å²) in [5.74, 6) is 0.605. The van der Waals surface area contributed by atoms with Gasteiger partial charge in [0.15, 0.2) is 0 Å². The van der Waals surface area contributed by atoms with Gasteiger partial charge in [-0.2, -0.15) is 0 Å². The van der Waals surface area contributed by atoms with Gasteiger partial charge in [0.05, 0.1) is 0 Å². The molecule has 2 aromatic heterocycles. The van der Waals surface area contributed by atoms with E-state index in [9.17, 15) is 4.79 Å². The van der Waals surface area contributed by atoms with Gasteiger partial charge in [-0.15, -0.1) is 10.2 Å². The van der Waals surface area contributed by atoms with Crippen LogP contribution in [0.15, 0.2) is 35.1 Å². The van der Waals surface area contributed by atoms with Crippen molar-refractivity contribution < 1.29 is 0 Å². The third-order valence-corrected chi connectivity index (χ3v) is 3.87. The zero-order valence-corrected chi connectivity index (χ0v) is 11.0. The molecular formula is C12H8ClN3OS. The molecule has 0 saturated heterocycles. The molecule has 0 aliphatic heterocycles. The molecule has 0 radical (unpaired) electrons. The van der Waals surface area contributed by atoms with Gasteiger partial charge in [-0.25, -0.2) is 4.40 Å². The summed E-state index contributed by atoms with van der Waals surface area (Å²) in [7, 11) is 0. The molecule has 0 bridgehead atoms. The van der Waals surface area contributed by atoms with E-state index >= 15 is 0 Å². The molecule has 4 nitrogen and oxygen atoms in total. The summed E-state index contributed by atoms with van der Waals surface area (Å²) in [6, 6.07) is 8.96. The van der Waals surface area contributed by atoms with Gasteiger partial charge < -0.3 is 0 Å². The SMILES string of the molecule is Cc1nnc2sc(-c3ccc(Cl)cc3)cc(=O)n12. The third-order valence-electron chi connectivity index (χ3n) is 2.60. The lowest BCUT2D eigenvalue weighted by Gasteiger charge is -2.01. The molecule has 0 unspecified atom stereocenters. The number of hydrogen-bond acceptors (Lipinski definition) is 4. The molecule has 90 valence electrons. The Bertz CT molecular complexity index is 776. The topological polar surface area (TPSA) is 47.3 Å². The molecule has 0 spiro atoms. The Morgan fingerprint density at radius 3 is 2.67 bits per heavy atom. The third kappa shape index (κ3) is 1.81. The van der Waals surface area contributed by atoms with E-state index in [-0.39, 0.29) is 5.56 Å². The Balaban J connectivity index is 2.25. The van der Waals surface area contributed by atoms with Crippen LogP contribution in [0.3, 0.4) is 0 Å². The normalized spacial score (nSPS) is 11.0. The van der Waals surface area contributed by atoms with Crippen LogP contribution in [0.5, 0.6) is 0 Å². The summed E-state index contributed by atoms with van der Waals surface area (Å²) in [5.41, 5.74) is 0.834. The van der Waals surface area contributed by atoms with Crippen LogP contribution in [0.1, 0.15) is 5.82 Å². The molecule has 2 heterocycles. The molecule has 0 saturated carbocycles. The molecule has 3 rings (SSSR count). The van der Waals surface area contributed by atoms with Crippen molar-refractivity contribution in [3.05, 3.63) is 51.5 Å². The lowest BCUT2D eigenvalue weighted by atomic mass is 10.2. The van der Waals surface area contributed by atoms with Crippen molar-refractivity contribution in [3.63, 3.8) is 0 Å². The molecule has 0 amide bonds. The molecule has 0 N–H and O–H groups in total. The Hall–Kier alpha value is -1.72. The minimum absolute atomic E-state index is 0.115. The summed E-state index contributed by atoms with van der Waals surface area (Å²) in [5, 5.41) is 8.57. The molecule has 0 aliphatic carbocycles. The zero-order valence-electron chi connectivity index (χ0n) is 9.42. The smallest absolute Gasteiger partial charge is 0.259 e. The lowest BCUT2D eigenvalue weighted by Crippen LogP contribution is -2.11. The van der Waals surface area contributed by atoms with E-state index in [4.69, 9.17) is 11.6 Å². The van der Waals surface area contributed by atoms with Gasteiger partial charge in [-0.1, -0.05) is 35.1 Å². The average molecular weight is 278 g/mol. The van der Waals surface area contributed by atoms with E-state index in [1.807, 2.05) is 12.1 Å². The quantitative estimate of drug-likeness (QED) is 0.687. The fraction of sp³-hybridized carbons (Fsp3) is 0.0833. The molecule has 1 aromatic carbocycles. The second-order valence-corrected chi connectivity index (χ2v) is 5.27. The van der Waals surface area contributed by atoms with Crippen LogP contribution in [0, 0.1) is 6.92 Å². The molecule has 6 heteroatoms. The predicted octanol–water partition coefficient (Wildman–Crippen LogP) is 2.78. The van der Waals surface area contributed by atoms with Crippen LogP contribution in [0.4, 0.5) is 0 Å². The van der Waals surface area contributed by atoms with Crippen LogP contribution < -0.4 is 5.56 Å². The zero-order chi connectivity index (χ0) is 12.7. The van der Waals surface area contributed by atoms with Crippen molar-refractivity contribution in [3.8, 4) is 10.4 Å². The van der Waals surface area contributed by atoms with E-state index in [2.05, 4.69) is 10.2 Å². The van der Waals surface area contributed by atoms with E-state index in [1.165, 1.54) is 15.7 Å². The van der Waals surface area contributed by atoms with E-state index in [0.29, 0.717) is 15.8 Å². The molecule has 0 aliphatic rings. The number of aromatic nitrogens is 3. The summed E-state index contributed by atoms with van der Waals surface area (Å²) in [6.45, 7) is 1.76. The van der Waals surface area contributed by atoms with Crippen molar-refractivity contribution in [2.24, 2.45) is 0 Å². The Kier molecular flexibility index (Phi) is 2.65. The van der Waals surface area contributed by atoms with Crippen molar-refractivity contribution in [1.29, 1.82) is 0 Å². The number of rotatable bonds is 1. The number of benzene rings is 1. The highest BCUT2D eigenvalue weighted by Gasteiger charge is 2.08. The Labute approximate surface area is 111 Å². The molecule has 3 aromatic rings. The van der Waals surface area contributed by atoms with E-state index in [1.54, 1.807) is 25.1 Å². The first-order valence-electron chi connectivity index (χ1n) is 5.27. The predicted molar refractivity (Wildman–Crippen MR) is 72.3 cm³/mol. The molecule has 0 atom stereocenters. The summed E-state index contributed by atoms with van der Waals surface area (Å²) in [6.07, 6.45) is 0. The second-order valence-electron chi connectivity index (χ2n) is 3.82. The van der Waals surface area contributed by atoms with E-state index in [0.717, 1.165) is 10.4 Å². The Morgan fingerprint density at radius 2 is 1.94 bits per heavy atom. The number of aryl methyl sites for hydroxylation is 1. The fourth-order valence-electron chi connectivity index (χ4n) is 1.72. The largest absolute Gasteiger partial charge is 0.269 e. The first-order valence-corrected chi connectivity index (χ1v) is 6.46. The highest BCUT2D eigenvalue weighted by atomic mass is 35.5. The van der Waals surface area contributed by atoms with Crippen molar-refractivity contribution in [2.75, 3.05) is 0 Å². The van der Waals surface area contributed by atoms with Crippen LogP contribution in [0.25, 0.3) is 15.4 Å². The first kappa shape index (κ1) is 11.4. The highest BCUT2D eigenvalue weighted by molar-refractivity contribution is 7.19. The maximum Gasteiger partial charge on any atom is 0.259 e. The van der Waals surface area contributed by atoms with Gasteiger partial charge in [0.1, 0.15) is 5.82 Å². The maximum absolute atomic E-state index is 12.0. The van der Waals surface area contributed by atoms with Gasteiger partial charge >= 0.3 is 0 Å². The summed E-state index contributed by atoms with van der Waals surface area (Å²) in [4.78, 5) is 13.4. The monoisotopic (exact) mass is 277 g/mol. The maximum atomic E-state index is 12.0. The van der Waals surface area contributed by atoms with Gasteiger partial charge in [0, 0.05) is 16.0 Å². The van der Waals surface area contributed by atoms with Crippen molar-refractivity contribution >= 4 is 27.9 Å². The van der Waals surface area contributed by atoms with E-state index < -0.39 is 0 Å². The van der Waals surface area contributed by atoms with Gasteiger partial charge in [0.25, 0.3) is 5.56 Å². The lowest BCUT2D eigenvalue weighted by molar-refractivity contribution is 0.985. The second kappa shape index (κ2) is 4.19. The fourth-order valence-corrected chi connectivity index (χ4v) is 2.86. The van der Waals surface area contributed by atoms with Gasteiger partial charge in [0.2, 0.25) is 4.96 Å². The van der Waals surface area contributed by atoms with Crippen LogP contribution in [-0.4, -0.2) is 14.6 Å². The highest BCUT2D eigenvalue weighted by Crippen LogP contribution is 2.25. The first-order chi connectivity index (χ1) is 8.65. The number of hydrogen-bond donors (Lipinski definition) is 0. The van der Waals surface area contributed by atoms with Crippen molar-refractivity contribution in [1.82, 2.24) is 14.6 Å². The Morgan fingerprint density at radius 1 is 1.22 bits per heavy atom. The standard InChI is InChI=1S/C12H8ClN3OS/c1-7-14-15-12-16(7)11(17)6-10(18-12)8-2-4-9(13)5-3-8/h2-6H,1H3. The van der Waals surface area contributed by atoms with Crippen LogP contribution in [0.2, 0.25) is 5.02 Å². The molecule has 0 fully saturated rings. The molecule has 18 heavy (non-hydrogen) atoms.